The Labute approximate surface area is 133 Å². The molecule has 1 aromatic carbocycles. The first kappa shape index (κ1) is 16.1. The van der Waals surface area contributed by atoms with Crippen LogP contribution in [0.1, 0.15) is 12.0 Å². The summed E-state index contributed by atoms with van der Waals surface area (Å²) in [6, 6.07) is 13.9. The summed E-state index contributed by atoms with van der Waals surface area (Å²) >= 11 is 5.03. The molecule has 0 aliphatic rings. The normalized spacial score (nSPS) is 13.1. The van der Waals surface area contributed by atoms with Gasteiger partial charge in [0.1, 0.15) is 4.64 Å². The summed E-state index contributed by atoms with van der Waals surface area (Å²) in [6.45, 7) is 3.52. The number of pyridine rings is 1. The van der Waals surface area contributed by atoms with Gasteiger partial charge in [-0.2, -0.15) is 4.73 Å². The second-order valence-corrected chi connectivity index (χ2v) is 5.28. The van der Waals surface area contributed by atoms with E-state index in [0.717, 1.165) is 4.73 Å². The number of carbonyl (C=O) groups excluding carboxylic acids is 1. The summed E-state index contributed by atoms with van der Waals surface area (Å²) in [7, 11) is 0. The predicted molar refractivity (Wildman–Crippen MR) is 85.7 cm³/mol. The molecule has 1 atom stereocenters. The summed E-state index contributed by atoms with van der Waals surface area (Å²) in [4.78, 5) is 17.4. The summed E-state index contributed by atoms with van der Waals surface area (Å²) in [5.41, 5.74) is -1.48. The first-order chi connectivity index (χ1) is 10.5. The van der Waals surface area contributed by atoms with Crippen molar-refractivity contribution < 1.29 is 14.0 Å². The van der Waals surface area contributed by atoms with E-state index < -0.39 is 11.6 Å². The molecule has 0 amide bonds. The summed E-state index contributed by atoms with van der Waals surface area (Å²) in [6.07, 6.45) is 2.62. The number of alkyl halides is 1. The van der Waals surface area contributed by atoms with Gasteiger partial charge in [-0.25, -0.2) is 9.18 Å². The van der Waals surface area contributed by atoms with Crippen LogP contribution < -0.4 is 4.84 Å². The molecule has 114 valence electrons. The Bertz CT molecular complexity index is 714. The third kappa shape index (κ3) is 3.89. The maximum absolute atomic E-state index is 15.1. The van der Waals surface area contributed by atoms with E-state index in [1.807, 2.05) is 6.07 Å². The smallest absolute Gasteiger partial charge is 0.332 e. The third-order valence-electron chi connectivity index (χ3n) is 3.13. The molecule has 0 fully saturated rings. The fourth-order valence-corrected chi connectivity index (χ4v) is 2.21. The van der Waals surface area contributed by atoms with E-state index >= 15 is 4.39 Å². The molecule has 1 unspecified atom stereocenters. The summed E-state index contributed by atoms with van der Waals surface area (Å²) in [5, 5.41) is 0. The van der Waals surface area contributed by atoms with Crippen molar-refractivity contribution in [1.82, 2.24) is 4.73 Å². The van der Waals surface area contributed by atoms with Gasteiger partial charge in [0.05, 0.1) is 0 Å². The minimum atomic E-state index is -2.19. The molecular formula is C17H16FNO2S. The fraction of sp³-hybridized carbons (Fsp3) is 0.176. The van der Waals surface area contributed by atoms with Crippen molar-refractivity contribution in [3.05, 3.63) is 77.6 Å². The number of halogens is 1. The lowest BCUT2D eigenvalue weighted by Gasteiger charge is -2.22. The number of nitrogens with zero attached hydrogens (tertiary/aromatic N) is 1. The van der Waals surface area contributed by atoms with E-state index in [9.17, 15) is 4.79 Å². The Morgan fingerprint density at radius 3 is 2.59 bits per heavy atom. The van der Waals surface area contributed by atoms with Crippen LogP contribution >= 0.6 is 12.2 Å². The summed E-state index contributed by atoms with van der Waals surface area (Å²) in [5.74, 6) is -0.987. The van der Waals surface area contributed by atoms with Crippen molar-refractivity contribution in [3.63, 3.8) is 0 Å². The van der Waals surface area contributed by atoms with Gasteiger partial charge in [0.15, 0.2) is 0 Å². The maximum atomic E-state index is 15.1. The van der Waals surface area contributed by atoms with Crippen LogP contribution in [-0.2, 0) is 11.2 Å². The molecule has 5 heteroatoms. The van der Waals surface area contributed by atoms with Crippen molar-refractivity contribution in [2.45, 2.75) is 18.5 Å². The zero-order valence-corrected chi connectivity index (χ0v) is 12.8. The molecule has 3 nitrogen and oxygen atoms in total. The standard InChI is InChI=1S/C17H16FNO2S/c1-2-11-17(18,13-14-8-4-3-5-9-14)16(20)21-19-12-7-6-10-15(19)22/h2-10,12H,1,11,13H2. The highest BCUT2D eigenvalue weighted by atomic mass is 32.1. The molecule has 0 aliphatic heterocycles. The van der Waals surface area contributed by atoms with E-state index in [1.54, 1.807) is 42.5 Å². The number of aromatic nitrogens is 1. The average Bonchev–Trinajstić information content (AvgIpc) is 2.50. The molecule has 0 aliphatic carbocycles. The second kappa shape index (κ2) is 7.13. The highest BCUT2D eigenvalue weighted by molar-refractivity contribution is 7.71. The van der Waals surface area contributed by atoms with Gasteiger partial charge in [-0.05, 0) is 17.7 Å². The largest absolute Gasteiger partial charge is 0.370 e. The number of rotatable bonds is 6. The van der Waals surface area contributed by atoms with Crippen molar-refractivity contribution in [1.29, 1.82) is 0 Å². The van der Waals surface area contributed by atoms with Crippen LogP contribution in [0.2, 0.25) is 0 Å². The number of hydrogen-bond donors (Lipinski definition) is 0. The third-order valence-corrected chi connectivity index (χ3v) is 3.45. The predicted octanol–water partition coefficient (Wildman–Crippen LogP) is 3.70. The first-order valence-corrected chi connectivity index (χ1v) is 7.20. The Morgan fingerprint density at radius 1 is 1.27 bits per heavy atom. The van der Waals surface area contributed by atoms with Crippen LogP contribution in [0.25, 0.3) is 0 Å². The Hall–Kier alpha value is -2.27. The van der Waals surface area contributed by atoms with Gasteiger partial charge < -0.3 is 4.84 Å². The van der Waals surface area contributed by atoms with Crippen molar-refractivity contribution >= 4 is 18.2 Å². The molecular weight excluding hydrogens is 301 g/mol. The lowest BCUT2D eigenvalue weighted by atomic mass is 9.93. The van der Waals surface area contributed by atoms with Gasteiger partial charge in [-0.15, -0.1) is 6.58 Å². The molecule has 0 bridgehead atoms. The zero-order valence-electron chi connectivity index (χ0n) is 11.9. The van der Waals surface area contributed by atoms with Gasteiger partial charge in [0.25, 0.3) is 0 Å². The molecule has 2 aromatic rings. The Kier molecular flexibility index (Phi) is 5.22. The van der Waals surface area contributed by atoms with Crippen LogP contribution in [0.4, 0.5) is 4.39 Å². The Balaban J connectivity index is 2.22. The SMILES string of the molecule is C=CCC(F)(Cc1ccccc1)C(=O)On1ccccc1=S. The van der Waals surface area contributed by atoms with Crippen LogP contribution in [0.3, 0.4) is 0 Å². The average molecular weight is 317 g/mol. The molecule has 1 aromatic heterocycles. The monoisotopic (exact) mass is 317 g/mol. The minimum Gasteiger partial charge on any atom is -0.332 e. The van der Waals surface area contributed by atoms with E-state index in [2.05, 4.69) is 6.58 Å². The van der Waals surface area contributed by atoms with Crippen molar-refractivity contribution in [2.24, 2.45) is 0 Å². The molecule has 0 radical (unpaired) electrons. The summed E-state index contributed by atoms with van der Waals surface area (Å²) < 4.78 is 16.5. The lowest BCUT2D eigenvalue weighted by Crippen LogP contribution is -2.42. The van der Waals surface area contributed by atoms with Gasteiger partial charge in [-0.1, -0.05) is 54.7 Å². The van der Waals surface area contributed by atoms with Gasteiger partial charge in [-0.3, -0.25) is 0 Å². The molecule has 0 saturated carbocycles. The quantitative estimate of drug-likeness (QED) is 0.601. The fourth-order valence-electron chi connectivity index (χ4n) is 2.04. The van der Waals surface area contributed by atoms with E-state index in [-0.39, 0.29) is 17.5 Å². The van der Waals surface area contributed by atoms with Crippen molar-refractivity contribution in [3.8, 4) is 0 Å². The molecule has 0 N–H and O–H groups in total. The highest BCUT2D eigenvalue weighted by Crippen LogP contribution is 2.24. The topological polar surface area (TPSA) is 31.2 Å². The van der Waals surface area contributed by atoms with Crippen LogP contribution in [0, 0.1) is 4.64 Å². The van der Waals surface area contributed by atoms with E-state index in [1.165, 1.54) is 12.3 Å². The zero-order chi connectivity index (χ0) is 16.0. The molecule has 22 heavy (non-hydrogen) atoms. The van der Waals surface area contributed by atoms with Crippen LogP contribution in [0.15, 0.2) is 67.4 Å². The first-order valence-electron chi connectivity index (χ1n) is 6.79. The van der Waals surface area contributed by atoms with Gasteiger partial charge >= 0.3 is 5.97 Å². The van der Waals surface area contributed by atoms with Crippen LogP contribution in [0.5, 0.6) is 0 Å². The molecule has 1 heterocycles. The minimum absolute atomic E-state index is 0.0845. The number of allylic oxidation sites excluding steroid dienone is 1. The van der Waals surface area contributed by atoms with Crippen LogP contribution in [-0.4, -0.2) is 16.4 Å². The number of carbonyl (C=O) groups is 1. The highest BCUT2D eigenvalue weighted by Gasteiger charge is 2.40. The van der Waals surface area contributed by atoms with E-state index in [4.69, 9.17) is 17.1 Å². The van der Waals surface area contributed by atoms with Gasteiger partial charge in [0.2, 0.25) is 5.67 Å². The molecule has 0 spiro atoms. The number of benzene rings is 1. The second-order valence-electron chi connectivity index (χ2n) is 4.86. The maximum Gasteiger partial charge on any atom is 0.370 e. The molecule has 2 rings (SSSR count). The van der Waals surface area contributed by atoms with Gasteiger partial charge in [0, 0.05) is 19.0 Å². The van der Waals surface area contributed by atoms with E-state index in [0.29, 0.717) is 5.56 Å². The molecule has 0 saturated heterocycles. The van der Waals surface area contributed by atoms with Crippen molar-refractivity contribution in [2.75, 3.05) is 0 Å². The lowest BCUT2D eigenvalue weighted by molar-refractivity contribution is -0.158. The Morgan fingerprint density at radius 2 is 1.95 bits per heavy atom. The number of hydrogen-bond acceptors (Lipinski definition) is 3.